The maximum absolute atomic E-state index is 14.2. The maximum atomic E-state index is 14.2. The van der Waals surface area contributed by atoms with E-state index in [1.807, 2.05) is 33.8 Å². The summed E-state index contributed by atoms with van der Waals surface area (Å²) < 4.78 is 19.6. The topological polar surface area (TPSA) is 65.1 Å². The molecule has 0 saturated carbocycles. The Kier molecular flexibility index (Phi) is 8.21. The van der Waals surface area contributed by atoms with E-state index in [2.05, 4.69) is 22.0 Å². The van der Waals surface area contributed by atoms with Crippen molar-refractivity contribution in [3.63, 3.8) is 0 Å². The first-order chi connectivity index (χ1) is 15.6. The molecule has 1 aromatic carbocycles. The standard InChI is InChI=1S/C25H39FN4O3/c1-6-28-12-14-29(15-13-28)22-10-9-20(26)16-21(22)18(2)27-23(31)19-8-7-11-30(17-19)24(32)33-25(3,4)5/h9-10,16,18-19H,6-8,11-15,17H2,1-5H3,(H,27,31). The van der Waals surface area contributed by atoms with Crippen LogP contribution in [-0.4, -0.2) is 73.2 Å². The van der Waals surface area contributed by atoms with E-state index in [9.17, 15) is 14.0 Å². The number of nitrogens with one attached hydrogen (secondary N) is 1. The Morgan fingerprint density at radius 3 is 2.52 bits per heavy atom. The molecule has 2 aliphatic rings. The molecule has 2 saturated heterocycles. The Hall–Kier alpha value is -2.35. The summed E-state index contributed by atoms with van der Waals surface area (Å²) in [5.41, 5.74) is 1.18. The zero-order chi connectivity index (χ0) is 24.2. The van der Waals surface area contributed by atoms with Gasteiger partial charge in [-0.15, -0.1) is 0 Å². The van der Waals surface area contributed by atoms with E-state index in [-0.39, 0.29) is 29.8 Å². The van der Waals surface area contributed by atoms with Gasteiger partial charge in [0.2, 0.25) is 5.91 Å². The summed E-state index contributed by atoms with van der Waals surface area (Å²) in [6.07, 6.45) is 1.08. The predicted octanol–water partition coefficient (Wildman–Crippen LogP) is 3.79. The third kappa shape index (κ3) is 6.82. The highest BCUT2D eigenvalue weighted by Gasteiger charge is 2.32. The number of hydrogen-bond donors (Lipinski definition) is 1. The third-order valence-corrected chi connectivity index (χ3v) is 6.42. The molecule has 0 bridgehead atoms. The highest BCUT2D eigenvalue weighted by Crippen LogP contribution is 2.29. The molecule has 0 radical (unpaired) electrons. The zero-order valence-electron chi connectivity index (χ0n) is 20.7. The number of carbonyl (C=O) groups excluding carboxylic acids is 2. The molecule has 2 amide bonds. The molecule has 2 fully saturated rings. The second-order valence-corrected chi connectivity index (χ2v) is 10.1. The van der Waals surface area contributed by atoms with E-state index in [0.717, 1.165) is 50.4 Å². The van der Waals surface area contributed by atoms with E-state index in [0.29, 0.717) is 19.5 Å². The molecule has 0 aromatic heterocycles. The number of likely N-dealkylation sites (tertiary alicyclic amines) is 1. The number of piperazine rings is 1. The summed E-state index contributed by atoms with van der Waals surface area (Å²) in [6.45, 7) is 15.2. The number of nitrogens with zero attached hydrogens (tertiary/aromatic N) is 3. The molecule has 184 valence electrons. The largest absolute Gasteiger partial charge is 0.444 e. The number of anilines is 1. The summed E-state index contributed by atoms with van der Waals surface area (Å²) in [6, 6.07) is 4.49. The number of ether oxygens (including phenoxy) is 1. The SMILES string of the molecule is CCN1CCN(c2ccc(F)cc2C(C)NC(=O)C2CCCN(C(=O)OC(C)(C)C)C2)CC1. The lowest BCUT2D eigenvalue weighted by Gasteiger charge is -2.37. The van der Waals surface area contributed by atoms with Gasteiger partial charge < -0.3 is 24.8 Å². The average Bonchev–Trinajstić information content (AvgIpc) is 2.78. The fourth-order valence-corrected chi connectivity index (χ4v) is 4.56. The Morgan fingerprint density at radius 2 is 1.88 bits per heavy atom. The molecule has 0 aliphatic carbocycles. The minimum atomic E-state index is -0.572. The van der Waals surface area contributed by atoms with Crippen LogP contribution in [0.15, 0.2) is 18.2 Å². The van der Waals surface area contributed by atoms with Crippen molar-refractivity contribution in [2.45, 2.75) is 59.1 Å². The van der Waals surface area contributed by atoms with E-state index in [4.69, 9.17) is 4.74 Å². The fraction of sp³-hybridized carbons (Fsp3) is 0.680. The van der Waals surface area contributed by atoms with Crippen molar-refractivity contribution in [1.29, 1.82) is 0 Å². The molecule has 1 aromatic rings. The molecule has 8 heteroatoms. The monoisotopic (exact) mass is 462 g/mol. The second kappa shape index (κ2) is 10.7. The number of piperidine rings is 1. The average molecular weight is 463 g/mol. The van der Waals surface area contributed by atoms with Crippen molar-refractivity contribution < 1.29 is 18.7 Å². The molecule has 2 atom stereocenters. The van der Waals surface area contributed by atoms with E-state index >= 15 is 0 Å². The van der Waals surface area contributed by atoms with E-state index in [1.54, 1.807) is 4.90 Å². The molecule has 2 unspecified atom stereocenters. The molecular formula is C25H39FN4O3. The van der Waals surface area contributed by atoms with Crippen LogP contribution in [0.3, 0.4) is 0 Å². The summed E-state index contributed by atoms with van der Waals surface area (Å²) in [4.78, 5) is 31.8. The van der Waals surface area contributed by atoms with Crippen LogP contribution in [0.5, 0.6) is 0 Å². The van der Waals surface area contributed by atoms with Crippen LogP contribution < -0.4 is 10.2 Å². The minimum Gasteiger partial charge on any atom is -0.444 e. The molecule has 2 aliphatic heterocycles. The molecule has 3 rings (SSSR count). The second-order valence-electron chi connectivity index (χ2n) is 10.1. The molecule has 7 nitrogen and oxygen atoms in total. The predicted molar refractivity (Wildman–Crippen MR) is 128 cm³/mol. The Bertz CT molecular complexity index is 833. The van der Waals surface area contributed by atoms with Crippen LogP contribution in [-0.2, 0) is 9.53 Å². The molecule has 2 heterocycles. The van der Waals surface area contributed by atoms with Gasteiger partial charge in [-0.3, -0.25) is 4.79 Å². The quantitative estimate of drug-likeness (QED) is 0.721. The van der Waals surface area contributed by atoms with Gasteiger partial charge in [-0.05, 0) is 65.3 Å². The summed E-state index contributed by atoms with van der Waals surface area (Å²) >= 11 is 0. The van der Waals surface area contributed by atoms with E-state index < -0.39 is 5.60 Å². The number of benzene rings is 1. The van der Waals surface area contributed by atoms with Gasteiger partial charge in [0, 0.05) is 50.5 Å². The first-order valence-corrected chi connectivity index (χ1v) is 12.1. The summed E-state index contributed by atoms with van der Waals surface area (Å²) in [5.74, 6) is -0.726. The van der Waals surface area contributed by atoms with Gasteiger partial charge in [-0.2, -0.15) is 0 Å². The minimum absolute atomic E-state index is 0.109. The van der Waals surface area contributed by atoms with Crippen LogP contribution in [0.1, 0.15) is 59.1 Å². The van der Waals surface area contributed by atoms with Gasteiger partial charge >= 0.3 is 6.09 Å². The molecule has 0 spiro atoms. The molecule has 1 N–H and O–H groups in total. The highest BCUT2D eigenvalue weighted by atomic mass is 19.1. The Balaban J connectivity index is 1.66. The third-order valence-electron chi connectivity index (χ3n) is 6.42. The zero-order valence-corrected chi connectivity index (χ0v) is 20.7. The van der Waals surface area contributed by atoms with Crippen molar-refractivity contribution in [2.75, 3.05) is 50.7 Å². The number of likely N-dealkylation sites (N-methyl/N-ethyl adjacent to an activating group) is 1. The lowest BCUT2D eigenvalue weighted by atomic mass is 9.96. The van der Waals surface area contributed by atoms with Crippen LogP contribution in [0.2, 0.25) is 0 Å². The van der Waals surface area contributed by atoms with Crippen molar-refractivity contribution in [1.82, 2.24) is 15.1 Å². The first-order valence-electron chi connectivity index (χ1n) is 12.1. The van der Waals surface area contributed by atoms with Gasteiger partial charge in [0.15, 0.2) is 0 Å². The van der Waals surface area contributed by atoms with Crippen LogP contribution >= 0.6 is 0 Å². The van der Waals surface area contributed by atoms with Crippen molar-refractivity contribution in [3.05, 3.63) is 29.6 Å². The summed E-state index contributed by atoms with van der Waals surface area (Å²) in [5, 5.41) is 3.08. The number of carbonyl (C=O) groups is 2. The Morgan fingerprint density at radius 1 is 1.18 bits per heavy atom. The van der Waals surface area contributed by atoms with Crippen molar-refractivity contribution in [3.8, 4) is 0 Å². The smallest absolute Gasteiger partial charge is 0.410 e. The maximum Gasteiger partial charge on any atom is 0.410 e. The van der Waals surface area contributed by atoms with Gasteiger partial charge in [0.1, 0.15) is 11.4 Å². The molecule has 33 heavy (non-hydrogen) atoms. The molecular weight excluding hydrogens is 423 g/mol. The van der Waals surface area contributed by atoms with Crippen LogP contribution in [0.25, 0.3) is 0 Å². The number of rotatable bonds is 5. The number of hydrogen-bond acceptors (Lipinski definition) is 5. The lowest BCUT2D eigenvalue weighted by molar-refractivity contribution is -0.127. The van der Waals surface area contributed by atoms with E-state index in [1.165, 1.54) is 12.1 Å². The highest BCUT2D eigenvalue weighted by molar-refractivity contribution is 5.80. The van der Waals surface area contributed by atoms with Crippen molar-refractivity contribution >= 4 is 17.7 Å². The number of amides is 2. The normalized spacial score (nSPS) is 21.0. The van der Waals surface area contributed by atoms with Crippen LogP contribution in [0, 0.1) is 11.7 Å². The van der Waals surface area contributed by atoms with Gasteiger partial charge in [-0.1, -0.05) is 6.92 Å². The Labute approximate surface area is 197 Å². The number of halogens is 1. The first kappa shape index (κ1) is 25.3. The van der Waals surface area contributed by atoms with Gasteiger partial charge in [0.25, 0.3) is 0 Å². The van der Waals surface area contributed by atoms with Crippen LogP contribution in [0.4, 0.5) is 14.9 Å². The fourth-order valence-electron chi connectivity index (χ4n) is 4.56. The van der Waals surface area contributed by atoms with Gasteiger partial charge in [0.05, 0.1) is 12.0 Å². The van der Waals surface area contributed by atoms with Gasteiger partial charge in [-0.25, -0.2) is 9.18 Å². The lowest BCUT2D eigenvalue weighted by Crippen LogP contribution is -2.48. The van der Waals surface area contributed by atoms with Crippen molar-refractivity contribution in [2.24, 2.45) is 5.92 Å². The summed E-state index contributed by atoms with van der Waals surface area (Å²) in [7, 11) is 0.